The van der Waals surface area contributed by atoms with E-state index in [0.717, 1.165) is 25.7 Å². The van der Waals surface area contributed by atoms with Crippen LogP contribution in [0.5, 0.6) is 0 Å². The topological polar surface area (TPSA) is 49.3 Å². The molecule has 1 aliphatic carbocycles. The fourth-order valence-corrected chi connectivity index (χ4v) is 2.94. The molecule has 1 fully saturated rings. The highest BCUT2D eigenvalue weighted by Crippen LogP contribution is 2.23. The Labute approximate surface area is 122 Å². The minimum absolute atomic E-state index is 0.0877. The van der Waals surface area contributed by atoms with Crippen molar-refractivity contribution in [3.63, 3.8) is 0 Å². The predicted octanol–water partition coefficient (Wildman–Crippen LogP) is 3.01. The van der Waals surface area contributed by atoms with Crippen molar-refractivity contribution < 1.29 is 14.3 Å². The van der Waals surface area contributed by atoms with E-state index in [1.807, 2.05) is 0 Å². The largest absolute Gasteiger partial charge is 0.393 e. The van der Waals surface area contributed by atoms with Crippen LogP contribution in [0.25, 0.3) is 10.8 Å². The molecule has 110 valence electrons. The second kappa shape index (κ2) is 5.82. The van der Waals surface area contributed by atoms with Crippen molar-refractivity contribution in [1.82, 2.24) is 5.32 Å². The van der Waals surface area contributed by atoms with Crippen molar-refractivity contribution in [2.75, 3.05) is 0 Å². The van der Waals surface area contributed by atoms with Crippen LogP contribution in [-0.4, -0.2) is 23.2 Å². The normalized spacial score (nSPS) is 22.2. The number of aliphatic hydroxyl groups excluding tert-OH is 1. The molecule has 21 heavy (non-hydrogen) atoms. The third-order valence-electron chi connectivity index (χ3n) is 4.15. The fraction of sp³-hybridized carbons (Fsp3) is 0.353. The van der Waals surface area contributed by atoms with E-state index >= 15 is 0 Å². The summed E-state index contributed by atoms with van der Waals surface area (Å²) in [4.78, 5) is 12.4. The van der Waals surface area contributed by atoms with Gasteiger partial charge in [-0.15, -0.1) is 0 Å². The Morgan fingerprint density at radius 3 is 2.43 bits per heavy atom. The summed E-state index contributed by atoms with van der Waals surface area (Å²) in [6, 6.07) is 9.96. The predicted molar refractivity (Wildman–Crippen MR) is 79.6 cm³/mol. The first-order valence-corrected chi connectivity index (χ1v) is 7.31. The van der Waals surface area contributed by atoms with Crippen LogP contribution >= 0.6 is 0 Å². The van der Waals surface area contributed by atoms with Crippen LogP contribution in [0.2, 0.25) is 0 Å². The molecule has 4 heteroatoms. The second-order valence-electron chi connectivity index (χ2n) is 5.62. The van der Waals surface area contributed by atoms with Crippen molar-refractivity contribution in [2.45, 2.75) is 37.8 Å². The molecule has 3 rings (SSSR count). The van der Waals surface area contributed by atoms with Gasteiger partial charge in [-0.3, -0.25) is 4.79 Å². The Kier molecular flexibility index (Phi) is 3.88. The molecule has 1 aliphatic rings. The zero-order valence-corrected chi connectivity index (χ0v) is 11.7. The monoisotopic (exact) mass is 287 g/mol. The maximum absolute atomic E-state index is 13.8. The molecular weight excluding hydrogens is 269 g/mol. The Balaban J connectivity index is 1.83. The summed E-state index contributed by atoms with van der Waals surface area (Å²) >= 11 is 0. The SMILES string of the molecule is O=C(NC1CCC(O)CC1)c1ccc(F)c2ccccc12. The van der Waals surface area contributed by atoms with Gasteiger partial charge in [0.15, 0.2) is 0 Å². The number of hydrogen-bond donors (Lipinski definition) is 2. The molecule has 0 spiro atoms. The molecule has 3 nitrogen and oxygen atoms in total. The van der Waals surface area contributed by atoms with Crippen LogP contribution in [0.15, 0.2) is 36.4 Å². The van der Waals surface area contributed by atoms with E-state index in [2.05, 4.69) is 5.32 Å². The minimum Gasteiger partial charge on any atom is -0.393 e. The molecule has 0 atom stereocenters. The summed E-state index contributed by atoms with van der Waals surface area (Å²) in [5, 5.41) is 13.6. The van der Waals surface area contributed by atoms with E-state index in [0.29, 0.717) is 16.3 Å². The molecule has 0 saturated heterocycles. The van der Waals surface area contributed by atoms with E-state index in [1.165, 1.54) is 12.1 Å². The number of fused-ring (bicyclic) bond motifs is 1. The van der Waals surface area contributed by atoms with Crippen molar-refractivity contribution in [3.8, 4) is 0 Å². The van der Waals surface area contributed by atoms with Crippen molar-refractivity contribution in [2.24, 2.45) is 0 Å². The fourth-order valence-electron chi connectivity index (χ4n) is 2.94. The number of rotatable bonds is 2. The first-order valence-electron chi connectivity index (χ1n) is 7.31. The highest BCUT2D eigenvalue weighted by Gasteiger charge is 2.22. The standard InChI is InChI=1S/C17H18FNO2/c18-16-10-9-15(13-3-1-2-4-14(13)16)17(21)19-11-5-7-12(20)8-6-11/h1-4,9-12,20H,5-8H2,(H,19,21). The molecule has 0 unspecified atom stereocenters. The van der Waals surface area contributed by atoms with E-state index in [4.69, 9.17) is 0 Å². The quantitative estimate of drug-likeness (QED) is 0.892. The van der Waals surface area contributed by atoms with Gasteiger partial charge in [0.2, 0.25) is 0 Å². The maximum atomic E-state index is 13.8. The summed E-state index contributed by atoms with van der Waals surface area (Å²) in [5.74, 6) is -0.490. The highest BCUT2D eigenvalue weighted by atomic mass is 19.1. The molecule has 1 saturated carbocycles. The zero-order chi connectivity index (χ0) is 14.8. The maximum Gasteiger partial charge on any atom is 0.252 e. The van der Waals surface area contributed by atoms with Gasteiger partial charge in [0.25, 0.3) is 5.91 Å². The number of carbonyl (C=O) groups excluding carboxylic acids is 1. The number of amides is 1. The number of benzene rings is 2. The zero-order valence-electron chi connectivity index (χ0n) is 11.7. The van der Waals surface area contributed by atoms with Gasteiger partial charge in [0.1, 0.15) is 5.82 Å². The van der Waals surface area contributed by atoms with Crippen molar-refractivity contribution >= 4 is 16.7 Å². The molecule has 0 heterocycles. The molecule has 0 aliphatic heterocycles. The average Bonchev–Trinajstić information content (AvgIpc) is 2.50. The summed E-state index contributed by atoms with van der Waals surface area (Å²) in [7, 11) is 0. The summed E-state index contributed by atoms with van der Waals surface area (Å²) in [6.45, 7) is 0. The first-order chi connectivity index (χ1) is 10.1. The van der Waals surface area contributed by atoms with Gasteiger partial charge in [0.05, 0.1) is 6.10 Å². The number of halogens is 1. The van der Waals surface area contributed by atoms with Gasteiger partial charge in [-0.25, -0.2) is 4.39 Å². The molecule has 0 bridgehead atoms. The second-order valence-corrected chi connectivity index (χ2v) is 5.62. The van der Waals surface area contributed by atoms with Crippen LogP contribution in [0.1, 0.15) is 36.0 Å². The lowest BCUT2D eigenvalue weighted by Crippen LogP contribution is -2.38. The smallest absolute Gasteiger partial charge is 0.252 e. The average molecular weight is 287 g/mol. The Bertz CT molecular complexity index is 663. The molecule has 2 N–H and O–H groups in total. The van der Waals surface area contributed by atoms with Crippen molar-refractivity contribution in [3.05, 3.63) is 47.8 Å². The number of nitrogens with one attached hydrogen (secondary N) is 1. The van der Waals surface area contributed by atoms with Crippen LogP contribution < -0.4 is 5.32 Å². The van der Waals surface area contributed by atoms with Gasteiger partial charge in [-0.2, -0.15) is 0 Å². The summed E-state index contributed by atoms with van der Waals surface area (Å²) < 4.78 is 13.8. The first kappa shape index (κ1) is 14.0. The number of aliphatic hydroxyl groups is 1. The molecule has 1 amide bonds. The van der Waals surface area contributed by atoms with E-state index < -0.39 is 0 Å². The Morgan fingerprint density at radius 1 is 1.05 bits per heavy atom. The highest BCUT2D eigenvalue weighted by molar-refractivity contribution is 6.07. The molecular formula is C17H18FNO2. The van der Waals surface area contributed by atoms with E-state index in [9.17, 15) is 14.3 Å². The minimum atomic E-state index is -0.317. The number of carbonyl (C=O) groups is 1. The van der Waals surface area contributed by atoms with Gasteiger partial charge >= 0.3 is 0 Å². The third kappa shape index (κ3) is 2.90. The third-order valence-corrected chi connectivity index (χ3v) is 4.15. The summed E-state index contributed by atoms with van der Waals surface area (Å²) in [5.41, 5.74) is 0.498. The number of hydrogen-bond acceptors (Lipinski definition) is 2. The Morgan fingerprint density at radius 2 is 1.71 bits per heavy atom. The summed E-state index contributed by atoms with van der Waals surface area (Å²) in [6.07, 6.45) is 2.76. The van der Waals surface area contributed by atoms with Crippen LogP contribution in [-0.2, 0) is 0 Å². The van der Waals surface area contributed by atoms with Crippen molar-refractivity contribution in [1.29, 1.82) is 0 Å². The van der Waals surface area contributed by atoms with E-state index in [-0.39, 0.29) is 23.9 Å². The van der Waals surface area contributed by atoms with E-state index in [1.54, 1.807) is 24.3 Å². The van der Waals surface area contributed by atoms with Crippen LogP contribution in [0.3, 0.4) is 0 Å². The van der Waals surface area contributed by atoms with Gasteiger partial charge in [0, 0.05) is 17.0 Å². The van der Waals surface area contributed by atoms with Crippen LogP contribution in [0, 0.1) is 5.82 Å². The lowest BCUT2D eigenvalue weighted by Gasteiger charge is -2.26. The Hall–Kier alpha value is -1.94. The molecule has 2 aromatic rings. The van der Waals surface area contributed by atoms with Gasteiger partial charge < -0.3 is 10.4 Å². The molecule has 0 radical (unpaired) electrons. The lowest BCUT2D eigenvalue weighted by molar-refractivity contribution is 0.0869. The van der Waals surface area contributed by atoms with Gasteiger partial charge in [-0.1, -0.05) is 24.3 Å². The van der Waals surface area contributed by atoms with Gasteiger partial charge in [-0.05, 0) is 43.2 Å². The molecule has 2 aromatic carbocycles. The lowest BCUT2D eigenvalue weighted by atomic mass is 9.92. The van der Waals surface area contributed by atoms with Crippen LogP contribution in [0.4, 0.5) is 4.39 Å². The molecule has 0 aromatic heterocycles.